The van der Waals surface area contributed by atoms with Gasteiger partial charge in [0.05, 0.1) is 28.4 Å². The SMILES string of the molecule is CC(=CCc1c(O)c(Cl)c(C)c(C=O)c1O)CCC=C(C)[C@@H]1C[C@H](O)C(C)(C)O1. The molecule has 1 fully saturated rings. The Morgan fingerprint density at radius 3 is 2.45 bits per heavy atom. The number of ether oxygens (including phenoxy) is 1. The molecule has 6 heteroatoms. The van der Waals surface area contributed by atoms with Crippen LogP contribution in [0.3, 0.4) is 0 Å². The Morgan fingerprint density at radius 1 is 1.24 bits per heavy atom. The molecule has 0 spiro atoms. The van der Waals surface area contributed by atoms with Gasteiger partial charge in [0.1, 0.15) is 11.5 Å². The van der Waals surface area contributed by atoms with Crippen LogP contribution in [0.5, 0.6) is 11.5 Å². The minimum absolute atomic E-state index is 0.0605. The number of carbonyl (C=O) groups is 1. The predicted octanol–water partition coefficient (Wildman–Crippen LogP) is 5.02. The maximum Gasteiger partial charge on any atom is 0.154 e. The van der Waals surface area contributed by atoms with Crippen LogP contribution in [0.2, 0.25) is 5.02 Å². The molecule has 160 valence electrons. The highest BCUT2D eigenvalue weighted by atomic mass is 35.5. The Labute approximate surface area is 177 Å². The molecule has 2 rings (SSSR count). The average molecular weight is 423 g/mol. The van der Waals surface area contributed by atoms with Crippen molar-refractivity contribution in [2.45, 2.75) is 78.1 Å². The van der Waals surface area contributed by atoms with Gasteiger partial charge in [0.2, 0.25) is 0 Å². The van der Waals surface area contributed by atoms with Crippen molar-refractivity contribution in [3.05, 3.63) is 45.0 Å². The summed E-state index contributed by atoms with van der Waals surface area (Å²) in [5.74, 6) is -0.412. The third-order valence-electron chi connectivity index (χ3n) is 5.74. The van der Waals surface area contributed by atoms with Gasteiger partial charge in [-0.2, -0.15) is 0 Å². The van der Waals surface area contributed by atoms with E-state index < -0.39 is 11.7 Å². The van der Waals surface area contributed by atoms with Gasteiger partial charge in [-0.05, 0) is 65.0 Å². The van der Waals surface area contributed by atoms with E-state index in [0.717, 1.165) is 24.0 Å². The fourth-order valence-corrected chi connectivity index (χ4v) is 3.73. The molecule has 1 heterocycles. The van der Waals surface area contributed by atoms with Gasteiger partial charge < -0.3 is 20.1 Å². The predicted molar refractivity (Wildman–Crippen MR) is 115 cm³/mol. The van der Waals surface area contributed by atoms with Crippen LogP contribution in [0.15, 0.2) is 23.3 Å². The van der Waals surface area contributed by atoms with E-state index >= 15 is 0 Å². The quantitative estimate of drug-likeness (QED) is 0.424. The molecule has 0 aliphatic carbocycles. The number of allylic oxidation sites excluding steroid dienone is 3. The molecule has 2 atom stereocenters. The van der Waals surface area contributed by atoms with Crippen molar-refractivity contribution in [1.82, 2.24) is 0 Å². The summed E-state index contributed by atoms with van der Waals surface area (Å²) in [6, 6.07) is 0. The monoisotopic (exact) mass is 422 g/mol. The van der Waals surface area contributed by atoms with Crippen LogP contribution in [0, 0.1) is 6.92 Å². The minimum atomic E-state index is -0.519. The fraction of sp³-hybridized carbons (Fsp3) is 0.522. The van der Waals surface area contributed by atoms with Gasteiger partial charge >= 0.3 is 0 Å². The molecule has 1 aromatic rings. The Bertz CT molecular complexity index is 838. The van der Waals surface area contributed by atoms with Gasteiger partial charge in [0, 0.05) is 12.0 Å². The number of halogens is 1. The third kappa shape index (κ3) is 5.21. The minimum Gasteiger partial charge on any atom is -0.507 e. The number of phenolic OH excluding ortho intramolecular Hbond substituents is 2. The molecule has 0 radical (unpaired) electrons. The molecule has 0 saturated carbocycles. The van der Waals surface area contributed by atoms with Crippen molar-refractivity contribution in [2.75, 3.05) is 0 Å². The second-order valence-electron chi connectivity index (χ2n) is 8.35. The first-order valence-corrected chi connectivity index (χ1v) is 10.2. The van der Waals surface area contributed by atoms with Crippen LogP contribution in [0.4, 0.5) is 0 Å². The molecule has 5 nitrogen and oxygen atoms in total. The van der Waals surface area contributed by atoms with E-state index in [0.29, 0.717) is 18.3 Å². The third-order valence-corrected chi connectivity index (χ3v) is 6.20. The number of aliphatic hydroxyl groups excluding tert-OH is 1. The lowest BCUT2D eigenvalue weighted by Crippen LogP contribution is -2.31. The molecule has 0 aromatic heterocycles. The summed E-state index contributed by atoms with van der Waals surface area (Å²) < 4.78 is 5.93. The number of carbonyl (C=O) groups excluding carboxylic acids is 1. The highest BCUT2D eigenvalue weighted by molar-refractivity contribution is 6.33. The van der Waals surface area contributed by atoms with Gasteiger partial charge in [0.15, 0.2) is 6.29 Å². The molecule has 3 N–H and O–H groups in total. The van der Waals surface area contributed by atoms with Crippen LogP contribution in [-0.2, 0) is 11.2 Å². The summed E-state index contributed by atoms with van der Waals surface area (Å²) in [5, 5.41) is 30.7. The average Bonchev–Trinajstić information content (AvgIpc) is 2.93. The van der Waals surface area contributed by atoms with Crippen molar-refractivity contribution < 1.29 is 24.9 Å². The summed E-state index contributed by atoms with van der Waals surface area (Å²) in [5.41, 5.74) is 2.40. The standard InChI is InChI=1S/C23H31ClO5/c1-13(7-6-8-14(2)18-11-19(26)23(4,5)29-18)9-10-16-21(27)17(12-25)15(3)20(24)22(16)28/h8-9,12,18-19,26-28H,6-7,10-11H2,1-5H3/t18-,19-/m0/s1. The van der Waals surface area contributed by atoms with Crippen LogP contribution < -0.4 is 0 Å². The fourth-order valence-electron chi connectivity index (χ4n) is 3.51. The Kier molecular flexibility index (Phi) is 7.55. The first-order chi connectivity index (χ1) is 13.5. The van der Waals surface area contributed by atoms with Crippen LogP contribution >= 0.6 is 11.6 Å². The van der Waals surface area contributed by atoms with Gasteiger partial charge in [-0.1, -0.05) is 29.3 Å². The van der Waals surface area contributed by atoms with E-state index in [2.05, 4.69) is 6.08 Å². The Hall–Kier alpha value is -1.82. The highest BCUT2D eigenvalue weighted by Crippen LogP contribution is 2.40. The number of aromatic hydroxyl groups is 2. The molecule has 0 amide bonds. The zero-order valence-corrected chi connectivity index (χ0v) is 18.5. The smallest absolute Gasteiger partial charge is 0.154 e. The lowest BCUT2D eigenvalue weighted by molar-refractivity contribution is -0.0472. The van der Waals surface area contributed by atoms with Crippen LogP contribution in [0.25, 0.3) is 0 Å². The topological polar surface area (TPSA) is 87.0 Å². The first kappa shape index (κ1) is 23.5. The maximum atomic E-state index is 11.2. The molecule has 1 aliphatic heterocycles. The van der Waals surface area contributed by atoms with Crippen molar-refractivity contribution >= 4 is 17.9 Å². The second-order valence-corrected chi connectivity index (χ2v) is 8.73. The van der Waals surface area contributed by atoms with Crippen LogP contribution in [0.1, 0.15) is 68.4 Å². The van der Waals surface area contributed by atoms with E-state index in [1.54, 1.807) is 6.92 Å². The lowest BCUT2D eigenvalue weighted by atomic mass is 9.98. The number of hydrogen-bond acceptors (Lipinski definition) is 5. The lowest BCUT2D eigenvalue weighted by Gasteiger charge is -2.22. The van der Waals surface area contributed by atoms with Gasteiger partial charge in [-0.25, -0.2) is 0 Å². The summed E-state index contributed by atoms with van der Waals surface area (Å²) >= 11 is 6.09. The first-order valence-electron chi connectivity index (χ1n) is 9.85. The highest BCUT2D eigenvalue weighted by Gasteiger charge is 2.40. The molecule has 1 aliphatic rings. The van der Waals surface area contributed by atoms with Gasteiger partial charge in [-0.3, -0.25) is 4.79 Å². The van der Waals surface area contributed by atoms with E-state index in [1.807, 2.05) is 33.8 Å². The number of rotatable bonds is 7. The normalized spacial score (nSPS) is 22.2. The van der Waals surface area contributed by atoms with Crippen molar-refractivity contribution in [3.63, 3.8) is 0 Å². The van der Waals surface area contributed by atoms with E-state index in [1.165, 1.54) is 0 Å². The Balaban J connectivity index is 2.02. The summed E-state index contributed by atoms with van der Waals surface area (Å²) in [6.45, 7) is 9.38. The number of hydrogen-bond donors (Lipinski definition) is 3. The van der Waals surface area contributed by atoms with Crippen LogP contribution in [-0.4, -0.2) is 39.4 Å². The Morgan fingerprint density at radius 2 is 1.90 bits per heavy atom. The number of benzene rings is 1. The van der Waals surface area contributed by atoms with E-state index in [4.69, 9.17) is 16.3 Å². The second kappa shape index (κ2) is 9.33. The number of phenols is 2. The maximum absolute atomic E-state index is 11.2. The molecule has 1 saturated heterocycles. The van der Waals surface area contributed by atoms with Gasteiger partial charge in [0.25, 0.3) is 0 Å². The van der Waals surface area contributed by atoms with Gasteiger partial charge in [-0.15, -0.1) is 0 Å². The van der Waals surface area contributed by atoms with E-state index in [-0.39, 0.29) is 40.2 Å². The molecule has 0 unspecified atom stereocenters. The van der Waals surface area contributed by atoms with Crippen molar-refractivity contribution in [1.29, 1.82) is 0 Å². The zero-order valence-electron chi connectivity index (χ0n) is 17.8. The molecule has 29 heavy (non-hydrogen) atoms. The summed E-state index contributed by atoms with van der Waals surface area (Å²) in [7, 11) is 0. The zero-order chi connectivity index (χ0) is 21.9. The molecule has 0 bridgehead atoms. The molecular formula is C23H31ClO5. The molecule has 1 aromatic carbocycles. The van der Waals surface area contributed by atoms with E-state index in [9.17, 15) is 20.1 Å². The van der Waals surface area contributed by atoms with Crippen molar-refractivity contribution in [3.8, 4) is 11.5 Å². The summed E-state index contributed by atoms with van der Waals surface area (Å²) in [6.07, 6.45) is 6.57. The molecular weight excluding hydrogens is 392 g/mol. The number of aliphatic hydroxyl groups is 1. The van der Waals surface area contributed by atoms with Crippen molar-refractivity contribution in [2.24, 2.45) is 0 Å². The number of aldehydes is 1. The summed E-state index contributed by atoms with van der Waals surface area (Å²) in [4.78, 5) is 11.2. The largest absolute Gasteiger partial charge is 0.507 e.